The molecular formula is C25H29BrN2O6. The summed E-state index contributed by atoms with van der Waals surface area (Å²) < 4.78 is 17.3. The highest BCUT2D eigenvalue weighted by molar-refractivity contribution is 9.10. The molecule has 1 unspecified atom stereocenters. The molecule has 0 bridgehead atoms. The number of halogens is 1. The summed E-state index contributed by atoms with van der Waals surface area (Å²) in [6.45, 7) is 5.28. The molecule has 1 aliphatic heterocycles. The third-order valence-electron chi connectivity index (χ3n) is 5.05. The van der Waals surface area contributed by atoms with E-state index in [2.05, 4.69) is 21.2 Å². The number of amides is 2. The Hall–Kier alpha value is -3.07. The van der Waals surface area contributed by atoms with E-state index in [0.29, 0.717) is 34.7 Å². The lowest BCUT2D eigenvalue weighted by molar-refractivity contribution is -0.148. The van der Waals surface area contributed by atoms with Gasteiger partial charge in [0.05, 0.1) is 18.6 Å². The number of carbonyl (C=O) groups is 3. The summed E-state index contributed by atoms with van der Waals surface area (Å²) in [5.74, 6) is 0.0402. The van der Waals surface area contributed by atoms with Gasteiger partial charge in [0, 0.05) is 17.6 Å². The predicted octanol–water partition coefficient (Wildman–Crippen LogP) is 3.44. The predicted molar refractivity (Wildman–Crippen MR) is 130 cm³/mol. The zero-order valence-corrected chi connectivity index (χ0v) is 20.9. The van der Waals surface area contributed by atoms with Crippen LogP contribution in [0.3, 0.4) is 0 Å². The first-order valence-electron chi connectivity index (χ1n) is 11.2. The van der Waals surface area contributed by atoms with Gasteiger partial charge in [-0.05, 0) is 36.2 Å². The van der Waals surface area contributed by atoms with Gasteiger partial charge in [0.2, 0.25) is 5.91 Å². The van der Waals surface area contributed by atoms with Crippen molar-refractivity contribution in [1.29, 1.82) is 0 Å². The summed E-state index contributed by atoms with van der Waals surface area (Å²) in [5, 5.41) is 2.72. The van der Waals surface area contributed by atoms with Crippen LogP contribution in [0, 0.1) is 5.92 Å². The smallest absolute Gasteiger partial charge is 0.308 e. The highest BCUT2D eigenvalue weighted by Crippen LogP contribution is 2.27. The molecule has 1 saturated heterocycles. The van der Waals surface area contributed by atoms with E-state index in [4.69, 9.17) is 14.2 Å². The lowest BCUT2D eigenvalue weighted by atomic mass is 10.1. The fourth-order valence-electron chi connectivity index (χ4n) is 3.42. The summed E-state index contributed by atoms with van der Waals surface area (Å²) in [6.07, 6.45) is -0.251. The topological polar surface area (TPSA) is 94.2 Å². The second-order valence-corrected chi connectivity index (χ2v) is 9.15. The number of hydrogen-bond acceptors (Lipinski definition) is 6. The lowest BCUT2D eigenvalue weighted by Crippen LogP contribution is -2.58. The SMILES string of the molecule is CC(C)COc1ccc(Br)cc1C(=O)N1CCNC(=O)C1CC(=O)OCCOc1ccccc1. The van der Waals surface area contributed by atoms with Crippen molar-refractivity contribution in [3.8, 4) is 11.5 Å². The molecular weight excluding hydrogens is 504 g/mol. The van der Waals surface area contributed by atoms with E-state index >= 15 is 0 Å². The maximum atomic E-state index is 13.4. The van der Waals surface area contributed by atoms with Crippen LogP contribution in [0.25, 0.3) is 0 Å². The molecule has 0 aliphatic carbocycles. The average molecular weight is 533 g/mol. The molecule has 34 heavy (non-hydrogen) atoms. The highest BCUT2D eigenvalue weighted by Gasteiger charge is 2.36. The number of benzene rings is 2. The molecule has 1 atom stereocenters. The Morgan fingerprint density at radius 1 is 1.12 bits per heavy atom. The summed E-state index contributed by atoms with van der Waals surface area (Å²) in [7, 11) is 0. The molecule has 0 saturated carbocycles. The molecule has 2 amide bonds. The maximum Gasteiger partial charge on any atom is 0.308 e. The van der Waals surface area contributed by atoms with Crippen molar-refractivity contribution in [3.63, 3.8) is 0 Å². The van der Waals surface area contributed by atoms with Crippen molar-refractivity contribution < 1.29 is 28.6 Å². The molecule has 0 aromatic heterocycles. The summed E-state index contributed by atoms with van der Waals surface area (Å²) >= 11 is 3.40. The van der Waals surface area contributed by atoms with Crippen LogP contribution in [-0.2, 0) is 14.3 Å². The molecule has 1 N–H and O–H groups in total. The molecule has 2 aromatic rings. The van der Waals surface area contributed by atoms with E-state index < -0.39 is 17.9 Å². The van der Waals surface area contributed by atoms with Gasteiger partial charge in [0.25, 0.3) is 5.91 Å². The second-order valence-electron chi connectivity index (χ2n) is 8.24. The number of carbonyl (C=O) groups excluding carboxylic acids is 3. The van der Waals surface area contributed by atoms with Crippen LogP contribution in [0.15, 0.2) is 53.0 Å². The number of hydrogen-bond donors (Lipinski definition) is 1. The minimum absolute atomic E-state index is 0.0365. The molecule has 1 heterocycles. The third-order valence-corrected chi connectivity index (χ3v) is 5.55. The molecule has 182 valence electrons. The summed E-state index contributed by atoms with van der Waals surface area (Å²) in [5.41, 5.74) is 0.333. The van der Waals surface area contributed by atoms with E-state index in [1.54, 1.807) is 30.3 Å². The van der Waals surface area contributed by atoms with Crippen molar-refractivity contribution in [2.75, 3.05) is 32.9 Å². The number of ether oxygens (including phenoxy) is 3. The number of rotatable bonds is 10. The van der Waals surface area contributed by atoms with Gasteiger partial charge >= 0.3 is 5.97 Å². The number of nitrogens with zero attached hydrogens (tertiary/aromatic N) is 1. The Balaban J connectivity index is 1.64. The molecule has 3 rings (SSSR count). The zero-order chi connectivity index (χ0) is 24.5. The Bertz CT molecular complexity index is 998. The molecule has 1 fully saturated rings. The number of nitrogens with one attached hydrogen (secondary N) is 1. The molecule has 8 nitrogen and oxygen atoms in total. The Morgan fingerprint density at radius 3 is 2.62 bits per heavy atom. The lowest BCUT2D eigenvalue weighted by Gasteiger charge is -2.35. The first kappa shape index (κ1) is 25.6. The second kappa shape index (κ2) is 12.4. The third kappa shape index (κ3) is 7.21. The van der Waals surface area contributed by atoms with E-state index in [1.807, 2.05) is 32.0 Å². The van der Waals surface area contributed by atoms with Crippen molar-refractivity contribution in [2.45, 2.75) is 26.3 Å². The van der Waals surface area contributed by atoms with Gasteiger partial charge in [0.15, 0.2) is 0 Å². The average Bonchev–Trinajstić information content (AvgIpc) is 2.82. The van der Waals surface area contributed by atoms with E-state index in [-0.39, 0.29) is 38.0 Å². The number of para-hydroxylation sites is 1. The largest absolute Gasteiger partial charge is 0.492 e. The Morgan fingerprint density at radius 2 is 1.88 bits per heavy atom. The van der Waals surface area contributed by atoms with Crippen molar-refractivity contribution in [3.05, 3.63) is 58.6 Å². The monoisotopic (exact) mass is 532 g/mol. The molecule has 2 aromatic carbocycles. The summed E-state index contributed by atoms with van der Waals surface area (Å²) in [6, 6.07) is 13.4. The van der Waals surface area contributed by atoms with Crippen molar-refractivity contribution in [1.82, 2.24) is 10.2 Å². The van der Waals surface area contributed by atoms with Crippen molar-refractivity contribution in [2.24, 2.45) is 5.92 Å². The Labute approximate surface area is 207 Å². The first-order chi connectivity index (χ1) is 16.3. The number of esters is 1. The normalized spacial score (nSPS) is 15.6. The van der Waals surface area contributed by atoms with E-state index in [1.165, 1.54) is 4.90 Å². The molecule has 0 radical (unpaired) electrons. The minimum Gasteiger partial charge on any atom is -0.492 e. The van der Waals surface area contributed by atoms with E-state index in [9.17, 15) is 14.4 Å². The molecule has 0 spiro atoms. The highest BCUT2D eigenvalue weighted by atomic mass is 79.9. The minimum atomic E-state index is -0.972. The van der Waals surface area contributed by atoms with Gasteiger partial charge in [-0.3, -0.25) is 14.4 Å². The van der Waals surface area contributed by atoms with Crippen LogP contribution in [-0.4, -0.2) is 61.6 Å². The van der Waals surface area contributed by atoms with E-state index in [0.717, 1.165) is 0 Å². The van der Waals surface area contributed by atoms with Crippen molar-refractivity contribution >= 4 is 33.7 Å². The number of piperazine rings is 1. The Kier molecular flexibility index (Phi) is 9.33. The van der Waals surface area contributed by atoms with Gasteiger partial charge in [-0.2, -0.15) is 0 Å². The van der Waals surface area contributed by atoms with Gasteiger partial charge in [0.1, 0.15) is 30.8 Å². The van der Waals surface area contributed by atoms with Gasteiger partial charge in [-0.1, -0.05) is 48.0 Å². The quantitative estimate of drug-likeness (QED) is 0.372. The van der Waals surface area contributed by atoms with Crippen LogP contribution >= 0.6 is 15.9 Å². The zero-order valence-electron chi connectivity index (χ0n) is 19.3. The first-order valence-corrected chi connectivity index (χ1v) is 12.0. The fourth-order valence-corrected chi connectivity index (χ4v) is 3.78. The van der Waals surface area contributed by atoms with Crippen LogP contribution in [0.1, 0.15) is 30.6 Å². The maximum absolute atomic E-state index is 13.4. The van der Waals surface area contributed by atoms with Gasteiger partial charge in [-0.15, -0.1) is 0 Å². The van der Waals surface area contributed by atoms with Crippen LogP contribution < -0.4 is 14.8 Å². The molecule has 9 heteroatoms. The van der Waals surface area contributed by atoms with Crippen LogP contribution in [0.4, 0.5) is 0 Å². The van der Waals surface area contributed by atoms with Gasteiger partial charge in [-0.25, -0.2) is 0 Å². The fraction of sp³-hybridized carbons (Fsp3) is 0.400. The standard InChI is InChI=1S/C25H29BrN2O6/c1-17(2)16-34-22-9-8-18(26)14-20(22)25(31)28-11-10-27-24(30)21(28)15-23(29)33-13-12-32-19-6-4-3-5-7-19/h3-9,14,17,21H,10-13,15-16H2,1-2H3,(H,27,30). The summed E-state index contributed by atoms with van der Waals surface area (Å²) in [4.78, 5) is 39.9. The van der Waals surface area contributed by atoms with Crippen LogP contribution in [0.2, 0.25) is 0 Å². The van der Waals surface area contributed by atoms with Crippen LogP contribution in [0.5, 0.6) is 11.5 Å². The van der Waals surface area contributed by atoms with Gasteiger partial charge < -0.3 is 24.4 Å². The molecule has 1 aliphatic rings.